The highest BCUT2D eigenvalue weighted by atomic mass is 17.4. The minimum absolute atomic E-state index is 0.0475. The molecule has 59 valence electrons. The van der Waals surface area contributed by atoms with Crippen molar-refractivity contribution in [1.82, 2.24) is 0 Å². The van der Waals surface area contributed by atoms with Gasteiger partial charge in [-0.25, -0.2) is 0 Å². The van der Waals surface area contributed by atoms with E-state index in [1.807, 2.05) is 13.8 Å². The van der Waals surface area contributed by atoms with E-state index in [-0.39, 0.29) is 5.41 Å². The fraction of sp³-hybridized carbons (Fsp3) is 0.875. The summed E-state index contributed by atoms with van der Waals surface area (Å²) in [5.41, 5.74) is 0.0475. The van der Waals surface area contributed by atoms with E-state index >= 15 is 0 Å². The molecule has 2 nitrogen and oxygen atoms in total. The maximum absolute atomic E-state index is 4.98. The molecule has 1 aliphatic rings. The van der Waals surface area contributed by atoms with Crippen molar-refractivity contribution in [1.29, 1.82) is 0 Å². The van der Waals surface area contributed by atoms with Crippen LogP contribution in [0, 0.1) is 11.3 Å². The van der Waals surface area contributed by atoms with E-state index in [9.17, 15) is 0 Å². The molecule has 10 heavy (non-hydrogen) atoms. The summed E-state index contributed by atoms with van der Waals surface area (Å²) < 4.78 is 0. The Balaban J connectivity index is 2.70. The summed E-state index contributed by atoms with van der Waals surface area (Å²) in [6.45, 7) is 10.4. The Kier molecular flexibility index (Phi) is 1.57. The first-order valence-corrected chi connectivity index (χ1v) is 3.57. The van der Waals surface area contributed by atoms with Gasteiger partial charge < -0.3 is 0 Å². The van der Waals surface area contributed by atoms with E-state index in [1.165, 1.54) is 5.92 Å². The van der Waals surface area contributed by atoms with E-state index in [0.29, 0.717) is 0 Å². The third-order valence-electron chi connectivity index (χ3n) is 1.90. The van der Waals surface area contributed by atoms with Gasteiger partial charge in [-0.2, -0.15) is 9.78 Å². The first-order valence-electron chi connectivity index (χ1n) is 3.57. The molecule has 0 atom stereocenters. The van der Waals surface area contributed by atoms with Crippen molar-refractivity contribution in [2.24, 2.45) is 5.41 Å². The van der Waals surface area contributed by atoms with Crippen molar-refractivity contribution < 1.29 is 9.78 Å². The van der Waals surface area contributed by atoms with E-state index < -0.39 is 5.79 Å². The number of rotatable bonds is 1. The van der Waals surface area contributed by atoms with E-state index in [4.69, 9.17) is 9.78 Å². The Labute approximate surface area is 62.4 Å². The maximum Gasteiger partial charge on any atom is 0.244 e. The lowest BCUT2D eigenvalue weighted by molar-refractivity contribution is 0.0850. The molecule has 1 heterocycles. The van der Waals surface area contributed by atoms with Crippen LogP contribution in [0.1, 0.15) is 34.6 Å². The van der Waals surface area contributed by atoms with Crippen LogP contribution in [0.2, 0.25) is 0 Å². The summed E-state index contributed by atoms with van der Waals surface area (Å²) >= 11 is 0. The molecule has 1 saturated heterocycles. The van der Waals surface area contributed by atoms with Crippen LogP contribution >= 0.6 is 0 Å². The zero-order valence-corrected chi connectivity index (χ0v) is 7.32. The minimum atomic E-state index is -0.396. The van der Waals surface area contributed by atoms with Crippen molar-refractivity contribution in [3.05, 3.63) is 5.92 Å². The van der Waals surface area contributed by atoms with Gasteiger partial charge in [0, 0.05) is 11.3 Å². The van der Waals surface area contributed by atoms with Gasteiger partial charge in [0.1, 0.15) is 0 Å². The molecule has 0 saturated carbocycles. The summed E-state index contributed by atoms with van der Waals surface area (Å²) in [6.07, 6.45) is 0. The van der Waals surface area contributed by atoms with Gasteiger partial charge in [0.15, 0.2) is 0 Å². The predicted molar refractivity (Wildman–Crippen MR) is 38.9 cm³/mol. The molecule has 0 aromatic rings. The molecule has 1 aliphatic heterocycles. The summed E-state index contributed by atoms with van der Waals surface area (Å²) in [7, 11) is 0. The molecule has 1 rings (SSSR count). The predicted octanol–water partition coefficient (Wildman–Crippen LogP) is 2.30. The quantitative estimate of drug-likeness (QED) is 0.415. The van der Waals surface area contributed by atoms with Crippen LogP contribution < -0.4 is 0 Å². The molecule has 0 aromatic carbocycles. The Bertz CT molecular complexity index is 129. The van der Waals surface area contributed by atoms with E-state index in [1.54, 1.807) is 0 Å². The van der Waals surface area contributed by atoms with E-state index in [2.05, 4.69) is 20.8 Å². The Morgan fingerprint density at radius 1 is 1.10 bits per heavy atom. The maximum atomic E-state index is 4.98. The van der Waals surface area contributed by atoms with Gasteiger partial charge in [-0.3, -0.25) is 0 Å². The first-order chi connectivity index (χ1) is 4.40. The molecule has 2 heteroatoms. The molecule has 0 bridgehead atoms. The average Bonchev–Trinajstić information content (AvgIpc) is 2.36. The van der Waals surface area contributed by atoms with Gasteiger partial charge in [-0.15, -0.1) is 0 Å². The molecule has 0 N–H and O–H groups in total. The summed E-state index contributed by atoms with van der Waals surface area (Å²) in [5, 5.41) is 0. The lowest BCUT2D eigenvalue weighted by atomic mass is 9.80. The molecule has 0 aromatic heterocycles. The second kappa shape index (κ2) is 1.95. The van der Waals surface area contributed by atoms with Gasteiger partial charge in [-0.1, -0.05) is 34.6 Å². The van der Waals surface area contributed by atoms with Gasteiger partial charge in [-0.05, 0) is 0 Å². The second-order valence-electron chi connectivity index (χ2n) is 4.03. The Morgan fingerprint density at radius 3 is 1.50 bits per heavy atom. The van der Waals surface area contributed by atoms with E-state index in [0.717, 1.165) is 0 Å². The lowest BCUT2D eigenvalue weighted by Crippen LogP contribution is -2.33. The summed E-state index contributed by atoms with van der Waals surface area (Å²) in [5.74, 6) is 0.785. The van der Waals surface area contributed by atoms with Gasteiger partial charge in [0.25, 0.3) is 0 Å². The van der Waals surface area contributed by atoms with Crippen LogP contribution in [0.4, 0.5) is 0 Å². The highest BCUT2D eigenvalue weighted by molar-refractivity contribution is 5.06. The summed E-state index contributed by atoms with van der Waals surface area (Å²) in [4.78, 5) is 9.97. The van der Waals surface area contributed by atoms with Crippen molar-refractivity contribution in [2.45, 2.75) is 40.4 Å². The third kappa shape index (κ3) is 0.956. The van der Waals surface area contributed by atoms with Crippen molar-refractivity contribution >= 4 is 0 Å². The molecular weight excluding hydrogens is 128 g/mol. The van der Waals surface area contributed by atoms with Crippen LogP contribution in [0.5, 0.6) is 0 Å². The van der Waals surface area contributed by atoms with Gasteiger partial charge >= 0.3 is 0 Å². The van der Waals surface area contributed by atoms with Crippen molar-refractivity contribution in [3.63, 3.8) is 0 Å². The van der Waals surface area contributed by atoms with Crippen molar-refractivity contribution in [2.75, 3.05) is 0 Å². The number of hydrogen-bond donors (Lipinski definition) is 0. The molecule has 0 spiro atoms. The molecule has 0 amide bonds. The topological polar surface area (TPSA) is 25.1 Å². The minimum Gasteiger partial charge on any atom is -0.194 e. The monoisotopic (exact) mass is 143 g/mol. The van der Waals surface area contributed by atoms with Crippen LogP contribution in [-0.2, 0) is 9.78 Å². The Hall–Kier alpha value is -0.0800. The third-order valence-corrected chi connectivity index (χ3v) is 1.90. The zero-order valence-electron chi connectivity index (χ0n) is 7.32. The SMILES string of the molecule is C[C](C)C1(C(C)(C)C)OO1. The van der Waals surface area contributed by atoms with Crippen LogP contribution in [0.3, 0.4) is 0 Å². The lowest BCUT2D eigenvalue weighted by Gasteiger charge is -2.25. The van der Waals surface area contributed by atoms with Crippen LogP contribution in [-0.4, -0.2) is 5.79 Å². The fourth-order valence-corrected chi connectivity index (χ4v) is 1.21. The highest BCUT2D eigenvalue weighted by Gasteiger charge is 2.60. The smallest absolute Gasteiger partial charge is 0.194 e. The fourth-order valence-electron chi connectivity index (χ4n) is 1.21. The second-order valence-corrected chi connectivity index (χ2v) is 4.03. The molecule has 1 fully saturated rings. The summed E-state index contributed by atoms with van der Waals surface area (Å²) in [6, 6.07) is 0. The Morgan fingerprint density at radius 2 is 1.50 bits per heavy atom. The first kappa shape index (κ1) is 8.02. The van der Waals surface area contributed by atoms with Crippen molar-refractivity contribution in [3.8, 4) is 0 Å². The van der Waals surface area contributed by atoms with Gasteiger partial charge in [0.2, 0.25) is 5.79 Å². The standard InChI is InChI=1S/C8H15O2/c1-6(2)8(9-10-8)7(3,4)5/h1-5H3. The van der Waals surface area contributed by atoms with Gasteiger partial charge in [0.05, 0.1) is 0 Å². The van der Waals surface area contributed by atoms with Crippen LogP contribution in [0.25, 0.3) is 0 Å². The normalized spacial score (nSPS) is 23.4. The average molecular weight is 143 g/mol. The molecule has 0 unspecified atom stereocenters. The number of hydrogen-bond acceptors (Lipinski definition) is 2. The molecule has 0 aliphatic carbocycles. The van der Waals surface area contributed by atoms with Crippen LogP contribution in [0.15, 0.2) is 0 Å². The largest absolute Gasteiger partial charge is 0.244 e. The molecular formula is C8H15O2. The highest BCUT2D eigenvalue weighted by Crippen LogP contribution is 2.51. The zero-order chi connectivity index (χ0) is 7.99. The molecule has 1 radical (unpaired) electrons.